The molecule has 0 radical (unpaired) electrons. The molecule has 0 atom stereocenters. The van der Waals surface area contributed by atoms with E-state index in [2.05, 4.69) is 10.6 Å². The summed E-state index contributed by atoms with van der Waals surface area (Å²) < 4.78 is 11.3. The second-order valence-corrected chi connectivity index (χ2v) is 7.50. The van der Waals surface area contributed by atoms with Crippen molar-refractivity contribution in [3.05, 3.63) is 51.3 Å². The number of methoxy groups -OCH3 is 2. The van der Waals surface area contributed by atoms with Crippen LogP contribution in [-0.4, -0.2) is 32.6 Å². The van der Waals surface area contributed by atoms with E-state index in [1.54, 1.807) is 6.07 Å². The van der Waals surface area contributed by atoms with E-state index in [1.165, 1.54) is 31.6 Å². The van der Waals surface area contributed by atoms with E-state index in [0.29, 0.717) is 32.1 Å². The van der Waals surface area contributed by atoms with Gasteiger partial charge in [-0.25, -0.2) is 0 Å². The number of thiophene rings is 1. The fraction of sp³-hybridized carbons (Fsp3) is 0.158. The number of hydrogen-bond donors (Lipinski definition) is 2. The van der Waals surface area contributed by atoms with Gasteiger partial charge in [0.25, 0.3) is 5.91 Å². The van der Waals surface area contributed by atoms with Crippen LogP contribution in [0, 0.1) is 0 Å². The standard InChI is InChI=1S/C19H16Cl2N2O4S/c1-26-13-8-14(27-2)12(7-11(13)20)23-16(24)9-22-19(25)18-17(21)10-5-3-4-6-15(10)28-18/h3-8H,9H2,1-2H3,(H,22,25)(H,23,24). The molecule has 0 spiro atoms. The molecule has 6 nitrogen and oxygen atoms in total. The lowest BCUT2D eigenvalue weighted by atomic mass is 10.2. The summed E-state index contributed by atoms with van der Waals surface area (Å²) in [5.41, 5.74) is 0.368. The van der Waals surface area contributed by atoms with Gasteiger partial charge in [0.2, 0.25) is 5.91 Å². The van der Waals surface area contributed by atoms with Crippen molar-refractivity contribution in [3.63, 3.8) is 0 Å². The maximum absolute atomic E-state index is 12.4. The van der Waals surface area contributed by atoms with Crippen molar-refractivity contribution < 1.29 is 19.1 Å². The Morgan fingerprint density at radius 1 is 1.07 bits per heavy atom. The summed E-state index contributed by atoms with van der Waals surface area (Å²) in [5.74, 6) is -0.0519. The summed E-state index contributed by atoms with van der Waals surface area (Å²) in [5, 5.41) is 6.73. The predicted molar refractivity (Wildman–Crippen MR) is 112 cm³/mol. The van der Waals surface area contributed by atoms with Crippen LogP contribution in [0.2, 0.25) is 10.0 Å². The molecule has 2 amide bonds. The lowest BCUT2D eigenvalue weighted by Crippen LogP contribution is -2.32. The Morgan fingerprint density at radius 3 is 2.46 bits per heavy atom. The molecule has 0 saturated carbocycles. The number of carbonyl (C=O) groups is 2. The first-order valence-electron chi connectivity index (χ1n) is 8.11. The zero-order chi connectivity index (χ0) is 20.3. The maximum atomic E-state index is 12.4. The summed E-state index contributed by atoms with van der Waals surface area (Å²) in [7, 11) is 2.94. The topological polar surface area (TPSA) is 76.7 Å². The molecule has 146 valence electrons. The van der Waals surface area contributed by atoms with Crippen LogP contribution < -0.4 is 20.1 Å². The summed E-state index contributed by atoms with van der Waals surface area (Å²) in [4.78, 5) is 25.0. The first-order valence-corrected chi connectivity index (χ1v) is 9.68. The minimum atomic E-state index is -0.440. The van der Waals surface area contributed by atoms with Crippen molar-refractivity contribution in [3.8, 4) is 11.5 Å². The number of halogens is 2. The molecule has 28 heavy (non-hydrogen) atoms. The molecule has 1 heterocycles. The minimum absolute atomic E-state index is 0.240. The number of anilines is 1. The van der Waals surface area contributed by atoms with Gasteiger partial charge in [0.15, 0.2) is 0 Å². The van der Waals surface area contributed by atoms with Gasteiger partial charge < -0.3 is 20.1 Å². The van der Waals surface area contributed by atoms with E-state index in [-0.39, 0.29) is 6.54 Å². The number of benzene rings is 2. The van der Waals surface area contributed by atoms with Gasteiger partial charge in [-0.3, -0.25) is 9.59 Å². The third kappa shape index (κ3) is 4.16. The number of amides is 2. The molecule has 0 unspecified atom stereocenters. The highest BCUT2D eigenvalue weighted by Gasteiger charge is 2.18. The molecule has 3 rings (SSSR count). The molecule has 2 N–H and O–H groups in total. The van der Waals surface area contributed by atoms with Crippen LogP contribution >= 0.6 is 34.5 Å². The third-order valence-corrected chi connectivity index (χ3v) is 5.87. The zero-order valence-corrected chi connectivity index (χ0v) is 17.3. The van der Waals surface area contributed by atoms with E-state index < -0.39 is 11.8 Å². The van der Waals surface area contributed by atoms with Crippen molar-refractivity contribution in [2.24, 2.45) is 0 Å². The lowest BCUT2D eigenvalue weighted by Gasteiger charge is -2.13. The maximum Gasteiger partial charge on any atom is 0.263 e. The average Bonchev–Trinajstić information content (AvgIpc) is 3.03. The van der Waals surface area contributed by atoms with Crippen LogP contribution in [0.25, 0.3) is 10.1 Å². The second kappa shape index (κ2) is 8.68. The van der Waals surface area contributed by atoms with Crippen molar-refractivity contribution in [1.29, 1.82) is 0 Å². The van der Waals surface area contributed by atoms with Gasteiger partial charge >= 0.3 is 0 Å². The van der Waals surface area contributed by atoms with Crippen LogP contribution in [0.4, 0.5) is 5.69 Å². The molecule has 0 saturated heterocycles. The van der Waals surface area contributed by atoms with Gasteiger partial charge in [-0.1, -0.05) is 41.4 Å². The number of ether oxygens (including phenoxy) is 2. The number of hydrogen-bond acceptors (Lipinski definition) is 5. The summed E-state index contributed by atoms with van der Waals surface area (Å²) in [6.07, 6.45) is 0. The van der Waals surface area contributed by atoms with Gasteiger partial charge in [-0.2, -0.15) is 0 Å². The largest absolute Gasteiger partial charge is 0.495 e. The van der Waals surface area contributed by atoms with Gasteiger partial charge in [0.1, 0.15) is 16.4 Å². The Balaban J connectivity index is 1.68. The highest BCUT2D eigenvalue weighted by atomic mass is 35.5. The Kier molecular flexibility index (Phi) is 6.28. The number of carbonyl (C=O) groups excluding carboxylic acids is 2. The Morgan fingerprint density at radius 2 is 1.79 bits per heavy atom. The molecule has 3 aromatic rings. The van der Waals surface area contributed by atoms with Crippen molar-refractivity contribution in [2.45, 2.75) is 0 Å². The number of rotatable bonds is 6. The summed E-state index contributed by atoms with van der Waals surface area (Å²) in [6.45, 7) is -0.240. The van der Waals surface area contributed by atoms with Crippen molar-refractivity contribution in [1.82, 2.24) is 5.32 Å². The SMILES string of the molecule is COc1cc(OC)c(NC(=O)CNC(=O)c2sc3ccccc3c2Cl)cc1Cl. The number of nitrogens with one attached hydrogen (secondary N) is 2. The quantitative estimate of drug-likeness (QED) is 0.589. The molecule has 0 aliphatic rings. The molecule has 9 heteroatoms. The fourth-order valence-electron chi connectivity index (χ4n) is 2.55. The van der Waals surface area contributed by atoms with Crippen LogP contribution in [0.1, 0.15) is 9.67 Å². The van der Waals surface area contributed by atoms with Gasteiger partial charge in [0.05, 0.1) is 36.5 Å². The van der Waals surface area contributed by atoms with E-state index in [0.717, 1.165) is 10.1 Å². The zero-order valence-electron chi connectivity index (χ0n) is 15.0. The van der Waals surface area contributed by atoms with E-state index in [1.807, 2.05) is 24.3 Å². The first kappa shape index (κ1) is 20.3. The summed E-state index contributed by atoms with van der Waals surface area (Å²) in [6, 6.07) is 10.5. The normalized spacial score (nSPS) is 10.6. The Bertz CT molecular complexity index is 1050. The minimum Gasteiger partial charge on any atom is -0.495 e. The van der Waals surface area contributed by atoms with Crippen LogP contribution in [0.15, 0.2) is 36.4 Å². The fourth-order valence-corrected chi connectivity index (χ4v) is 4.23. The molecule has 0 aliphatic heterocycles. The highest BCUT2D eigenvalue weighted by Crippen LogP contribution is 2.36. The average molecular weight is 439 g/mol. The van der Waals surface area contributed by atoms with E-state index in [4.69, 9.17) is 32.7 Å². The predicted octanol–water partition coefficient (Wildman–Crippen LogP) is 4.59. The molecule has 0 bridgehead atoms. The van der Waals surface area contributed by atoms with Crippen LogP contribution in [-0.2, 0) is 4.79 Å². The lowest BCUT2D eigenvalue weighted by molar-refractivity contribution is -0.115. The Hall–Kier alpha value is -2.48. The molecular formula is C19H16Cl2N2O4S. The third-order valence-electron chi connectivity index (χ3n) is 3.90. The van der Waals surface area contributed by atoms with Crippen LogP contribution in [0.3, 0.4) is 0 Å². The summed E-state index contributed by atoms with van der Waals surface area (Å²) >= 11 is 13.7. The molecule has 2 aromatic carbocycles. The molecule has 0 fully saturated rings. The van der Waals surface area contributed by atoms with Crippen molar-refractivity contribution in [2.75, 3.05) is 26.1 Å². The first-order chi connectivity index (χ1) is 13.4. The second-order valence-electron chi connectivity index (χ2n) is 5.66. The molecule has 1 aromatic heterocycles. The van der Waals surface area contributed by atoms with E-state index in [9.17, 15) is 9.59 Å². The van der Waals surface area contributed by atoms with Crippen LogP contribution in [0.5, 0.6) is 11.5 Å². The number of fused-ring (bicyclic) bond motifs is 1. The molecule has 0 aliphatic carbocycles. The molecular weight excluding hydrogens is 423 g/mol. The monoisotopic (exact) mass is 438 g/mol. The highest BCUT2D eigenvalue weighted by molar-refractivity contribution is 7.21. The smallest absolute Gasteiger partial charge is 0.263 e. The van der Waals surface area contributed by atoms with Gasteiger partial charge in [-0.05, 0) is 12.1 Å². The van der Waals surface area contributed by atoms with Gasteiger partial charge in [0, 0.05) is 16.2 Å². The van der Waals surface area contributed by atoms with Crippen molar-refractivity contribution >= 4 is 62.1 Å². The van der Waals surface area contributed by atoms with Gasteiger partial charge in [-0.15, -0.1) is 11.3 Å². The van der Waals surface area contributed by atoms with E-state index >= 15 is 0 Å². The Labute approximate surface area is 175 Å².